The first-order valence-corrected chi connectivity index (χ1v) is 10.2. The Morgan fingerprint density at radius 3 is 1.73 bits per heavy atom. The van der Waals surface area contributed by atoms with Crippen molar-refractivity contribution in [3.05, 3.63) is 66.8 Å². The van der Waals surface area contributed by atoms with Crippen LogP contribution in [0.4, 0.5) is 25.2 Å². The van der Waals surface area contributed by atoms with Crippen molar-refractivity contribution in [2.45, 2.75) is 13.8 Å². The van der Waals surface area contributed by atoms with Gasteiger partial charge in [0.25, 0.3) is 0 Å². The molecule has 0 aromatic heterocycles. The second-order valence-electron chi connectivity index (χ2n) is 4.53. The van der Waals surface area contributed by atoms with Crippen molar-refractivity contribution >= 4 is 7.81 Å². The van der Waals surface area contributed by atoms with E-state index < -0.39 is 7.81 Å². The Bertz CT molecular complexity index is 626. The van der Waals surface area contributed by atoms with E-state index in [1.54, 1.807) is 3.57 Å². The van der Waals surface area contributed by atoms with Gasteiger partial charge in [0, 0.05) is 5.56 Å². The molecule has 0 saturated heterocycles. The molecule has 2 aromatic rings. The van der Waals surface area contributed by atoms with Crippen LogP contribution >= 0.6 is 7.81 Å². The van der Waals surface area contributed by atoms with Crippen LogP contribution in [0, 0.1) is 21.0 Å². The third-order valence-corrected chi connectivity index (χ3v) is 5.57. The molecule has 0 atom stereocenters. The monoisotopic (exact) mass is 454 g/mol. The molecule has 0 heterocycles. The maximum atomic E-state index is 9.87. The van der Waals surface area contributed by atoms with E-state index in [1.165, 1.54) is 14.7 Å². The zero-order valence-electron chi connectivity index (χ0n) is 11.7. The first kappa shape index (κ1) is 19.2. The predicted molar refractivity (Wildman–Crippen MR) is 73.3 cm³/mol. The topological polar surface area (TPSA) is 0 Å². The molecule has 0 spiro atoms. The van der Waals surface area contributed by atoms with Crippen LogP contribution in [-0.4, -0.2) is 0 Å². The van der Waals surface area contributed by atoms with E-state index in [1.807, 2.05) is 0 Å². The molecule has 0 unspecified atom stereocenters. The Labute approximate surface area is 135 Å². The Morgan fingerprint density at radius 2 is 1.23 bits per heavy atom. The minimum atomic E-state index is -10.7. The van der Waals surface area contributed by atoms with Crippen LogP contribution in [0.2, 0.25) is 0 Å². The Morgan fingerprint density at radius 1 is 0.727 bits per heavy atom. The van der Waals surface area contributed by atoms with Crippen molar-refractivity contribution in [3.63, 3.8) is 0 Å². The van der Waals surface area contributed by atoms with E-state index in [0.29, 0.717) is 0 Å². The van der Waals surface area contributed by atoms with Crippen LogP contribution in [0.3, 0.4) is 0 Å². The molecule has 0 radical (unpaired) electrons. The van der Waals surface area contributed by atoms with E-state index in [2.05, 4.69) is 62.4 Å². The summed E-state index contributed by atoms with van der Waals surface area (Å²) < 4.78 is 62.2. The van der Waals surface area contributed by atoms with Gasteiger partial charge in [-0.3, -0.25) is 0 Å². The van der Waals surface area contributed by atoms with Gasteiger partial charge in [-0.25, -0.2) is 0 Å². The van der Waals surface area contributed by atoms with Crippen LogP contribution in [0.15, 0.2) is 48.5 Å². The Hall–Kier alpha value is -0.820. The van der Waals surface area contributed by atoms with E-state index in [0.717, 1.165) is 0 Å². The summed E-state index contributed by atoms with van der Waals surface area (Å²) in [5.74, 6) is 0. The molecule has 0 aliphatic heterocycles. The van der Waals surface area contributed by atoms with Gasteiger partial charge >= 0.3 is 54.2 Å². The summed E-state index contributed by atoms with van der Waals surface area (Å²) in [4.78, 5) is 0. The summed E-state index contributed by atoms with van der Waals surface area (Å²) in [6.45, 7) is 4.42. The van der Waals surface area contributed by atoms with E-state index in [9.17, 15) is 25.2 Å². The van der Waals surface area contributed by atoms with Gasteiger partial charge in [0.15, 0.2) is 7.14 Å². The van der Waals surface area contributed by atoms with Crippen molar-refractivity contribution in [1.82, 2.24) is 0 Å². The number of hydrogen-bond acceptors (Lipinski definition) is 0. The molecule has 2 rings (SSSR count). The van der Waals surface area contributed by atoms with Crippen LogP contribution < -0.4 is 21.2 Å². The maximum absolute atomic E-state index is 10.7. The van der Waals surface area contributed by atoms with Gasteiger partial charge < -0.3 is 0 Å². The van der Waals surface area contributed by atoms with Crippen LogP contribution in [0.5, 0.6) is 0 Å². The van der Waals surface area contributed by atoms with Crippen molar-refractivity contribution in [2.75, 3.05) is 0 Å². The summed E-state index contributed by atoms with van der Waals surface area (Å²) in [6, 6.07) is 17.4. The molecular formula is C14H14F6IP. The molecule has 0 aliphatic carbocycles. The molecule has 0 fully saturated rings. The fourth-order valence-electron chi connectivity index (χ4n) is 1.41. The zero-order chi connectivity index (χ0) is 17.1. The van der Waals surface area contributed by atoms with E-state index >= 15 is 0 Å². The van der Waals surface area contributed by atoms with E-state index in [4.69, 9.17) is 0 Å². The standard InChI is InChI=1S/C14H14I.F6P/c1-11-7-6-10-14(12(11)2)15-13-8-4-3-5-9-13;1-7(2,3,4,5)6/h3-10H,1-2H3;/q+1;-1. The molecule has 0 aliphatic rings. The Kier molecular flexibility index (Phi) is 5.24. The van der Waals surface area contributed by atoms with Gasteiger partial charge in [-0.15, -0.1) is 0 Å². The molecule has 2 aromatic carbocycles. The average molecular weight is 454 g/mol. The molecule has 8 heteroatoms. The number of hydrogen-bond donors (Lipinski definition) is 0. The molecule has 0 bridgehead atoms. The molecule has 0 N–H and O–H groups in total. The average Bonchev–Trinajstić information content (AvgIpc) is 2.32. The summed E-state index contributed by atoms with van der Waals surface area (Å²) in [5.41, 5.74) is 2.87. The van der Waals surface area contributed by atoms with Gasteiger partial charge in [0.05, 0.1) is 0 Å². The van der Waals surface area contributed by atoms with Gasteiger partial charge in [0.1, 0.15) is 0 Å². The SMILES string of the molecule is Cc1cccc([I+]c2ccccc2)c1C.F[P-](F)(F)(F)(F)F. The van der Waals surface area contributed by atoms with Gasteiger partial charge in [-0.05, 0) is 37.6 Å². The number of halogens is 7. The molecule has 124 valence electrons. The van der Waals surface area contributed by atoms with Gasteiger partial charge in [-0.2, -0.15) is 0 Å². The molecular weight excluding hydrogens is 440 g/mol. The van der Waals surface area contributed by atoms with Crippen molar-refractivity contribution in [1.29, 1.82) is 0 Å². The second-order valence-corrected chi connectivity index (χ2v) is 9.39. The fraction of sp³-hybridized carbons (Fsp3) is 0.143. The quantitative estimate of drug-likeness (QED) is 0.368. The van der Waals surface area contributed by atoms with E-state index in [-0.39, 0.29) is 21.2 Å². The molecule has 0 amide bonds. The van der Waals surface area contributed by atoms with Gasteiger partial charge in [0.2, 0.25) is 0 Å². The number of benzene rings is 2. The number of rotatable bonds is 2. The van der Waals surface area contributed by atoms with Crippen molar-refractivity contribution in [2.24, 2.45) is 0 Å². The third-order valence-electron chi connectivity index (χ3n) is 2.48. The van der Waals surface area contributed by atoms with Gasteiger partial charge in [-0.1, -0.05) is 30.3 Å². The first-order valence-electron chi connectivity index (χ1n) is 6.05. The summed E-state index contributed by atoms with van der Waals surface area (Å²) in [5, 5.41) is 0. The van der Waals surface area contributed by atoms with Crippen LogP contribution in [-0.2, 0) is 0 Å². The second kappa shape index (κ2) is 6.00. The first-order chi connectivity index (χ1) is 9.72. The molecule has 0 nitrogen and oxygen atoms in total. The minimum absolute atomic E-state index is 0.00979. The zero-order valence-corrected chi connectivity index (χ0v) is 14.8. The molecule has 22 heavy (non-hydrogen) atoms. The fourth-order valence-corrected chi connectivity index (χ4v) is 4.08. The van der Waals surface area contributed by atoms with Crippen molar-refractivity contribution < 1.29 is 46.4 Å². The van der Waals surface area contributed by atoms with Crippen molar-refractivity contribution in [3.8, 4) is 0 Å². The Balaban J connectivity index is 0.000000295. The predicted octanol–water partition coefficient (Wildman–Crippen LogP) is 3.81. The molecule has 0 saturated carbocycles. The number of aryl methyl sites for hydroxylation is 1. The summed E-state index contributed by atoms with van der Waals surface area (Å²) in [6.07, 6.45) is 0. The normalized spacial score (nSPS) is 14.4. The van der Waals surface area contributed by atoms with Crippen LogP contribution in [0.25, 0.3) is 0 Å². The summed E-state index contributed by atoms with van der Waals surface area (Å²) >= 11 is -0.00979. The summed E-state index contributed by atoms with van der Waals surface area (Å²) in [7, 11) is -10.7. The third kappa shape index (κ3) is 10.00. The van der Waals surface area contributed by atoms with Crippen LogP contribution in [0.1, 0.15) is 11.1 Å².